The zero-order valence-corrected chi connectivity index (χ0v) is 45.9. The molecule has 0 saturated heterocycles. The number of esters is 3. The number of carbonyl (C=O) groups excluding carboxylic acids is 3. The zero-order valence-electron chi connectivity index (χ0n) is 45.9. The summed E-state index contributed by atoms with van der Waals surface area (Å²) in [6.45, 7) is 6.34. The van der Waals surface area contributed by atoms with E-state index in [1.807, 2.05) is 0 Å². The first-order valence-corrected chi connectivity index (χ1v) is 29.0. The average molecular weight is 984 g/mol. The average Bonchev–Trinajstić information content (AvgIpc) is 3.37. The molecule has 1 unspecified atom stereocenters. The van der Waals surface area contributed by atoms with Gasteiger partial charge in [0.1, 0.15) is 13.2 Å². The summed E-state index contributed by atoms with van der Waals surface area (Å²) < 4.78 is 16.8. The highest BCUT2D eigenvalue weighted by atomic mass is 16.6. The number of hydrogen-bond donors (Lipinski definition) is 0. The number of rotatable bonds is 51. The van der Waals surface area contributed by atoms with E-state index < -0.39 is 6.10 Å². The van der Waals surface area contributed by atoms with Crippen LogP contribution in [0.3, 0.4) is 0 Å². The summed E-state index contributed by atoms with van der Waals surface area (Å²) in [5.41, 5.74) is 0. The summed E-state index contributed by atoms with van der Waals surface area (Å²) in [6.07, 6.45) is 80.5. The molecule has 402 valence electrons. The van der Waals surface area contributed by atoms with Gasteiger partial charge in [0.15, 0.2) is 6.10 Å². The van der Waals surface area contributed by atoms with E-state index in [4.69, 9.17) is 14.2 Å². The minimum atomic E-state index is -0.813. The molecule has 0 aromatic carbocycles. The summed E-state index contributed by atoms with van der Waals surface area (Å²) >= 11 is 0. The third kappa shape index (κ3) is 56.6. The van der Waals surface area contributed by atoms with Gasteiger partial charge in [0.05, 0.1) is 0 Å². The predicted octanol–water partition coefficient (Wildman–Crippen LogP) is 19.6. The first kappa shape index (κ1) is 66.8. The Morgan fingerprint density at radius 3 is 0.873 bits per heavy atom. The van der Waals surface area contributed by atoms with Crippen molar-refractivity contribution in [1.29, 1.82) is 0 Å². The lowest BCUT2D eigenvalue weighted by Crippen LogP contribution is -2.30. The van der Waals surface area contributed by atoms with Crippen LogP contribution in [-0.2, 0) is 28.6 Å². The molecule has 6 heteroatoms. The van der Waals surface area contributed by atoms with Crippen LogP contribution in [0.2, 0.25) is 0 Å². The molecule has 0 spiro atoms. The Bertz CT molecular complexity index is 1500. The SMILES string of the molecule is CC/C=C\C/C=C\C/C=C\C/C=C\C/C=C\CCCCCC(=O)OC(COC(=O)CCCCC/C=C\C/C=C\C/C=C\CC)COC(=O)CCCCCCCCCCC/C=C\C/C=C\CCCCCCC. The fraction of sp³-hybridized carbons (Fsp3) is 0.646. The van der Waals surface area contributed by atoms with E-state index >= 15 is 0 Å². The normalized spacial score (nSPS) is 13.0. The van der Waals surface area contributed by atoms with E-state index in [2.05, 4.69) is 142 Å². The largest absolute Gasteiger partial charge is 0.462 e. The van der Waals surface area contributed by atoms with Crippen molar-refractivity contribution >= 4 is 17.9 Å². The highest BCUT2D eigenvalue weighted by molar-refractivity contribution is 5.71. The third-order valence-electron chi connectivity index (χ3n) is 11.9. The second-order valence-corrected chi connectivity index (χ2v) is 18.8. The lowest BCUT2D eigenvalue weighted by atomic mass is 10.1. The molecule has 0 bridgehead atoms. The molecule has 0 aliphatic rings. The molecule has 1 atom stereocenters. The van der Waals surface area contributed by atoms with Gasteiger partial charge in [-0.15, -0.1) is 0 Å². The van der Waals surface area contributed by atoms with E-state index in [0.717, 1.165) is 122 Å². The molecular weight excluding hydrogens is 877 g/mol. The molecule has 0 aliphatic heterocycles. The number of ether oxygens (including phenoxy) is 3. The summed E-state index contributed by atoms with van der Waals surface area (Å²) in [6, 6.07) is 0. The monoisotopic (exact) mass is 983 g/mol. The second kappa shape index (κ2) is 58.4. The molecule has 0 radical (unpaired) electrons. The van der Waals surface area contributed by atoms with Gasteiger partial charge in [0.2, 0.25) is 0 Å². The molecule has 0 saturated carbocycles. The Kier molecular flexibility index (Phi) is 54.9. The highest BCUT2D eigenvalue weighted by Gasteiger charge is 2.19. The Morgan fingerprint density at radius 2 is 0.549 bits per heavy atom. The van der Waals surface area contributed by atoms with Gasteiger partial charge in [-0.1, -0.05) is 226 Å². The van der Waals surface area contributed by atoms with Crippen LogP contribution >= 0.6 is 0 Å². The lowest BCUT2D eigenvalue weighted by Gasteiger charge is -2.18. The van der Waals surface area contributed by atoms with Crippen LogP contribution in [0, 0.1) is 0 Å². The van der Waals surface area contributed by atoms with Crippen molar-refractivity contribution in [3.8, 4) is 0 Å². The molecule has 0 N–H and O–H groups in total. The molecular formula is C65H106O6. The molecule has 6 nitrogen and oxygen atoms in total. The summed E-state index contributed by atoms with van der Waals surface area (Å²) in [5.74, 6) is -0.975. The smallest absolute Gasteiger partial charge is 0.306 e. The Hall–Kier alpha value is -4.19. The third-order valence-corrected chi connectivity index (χ3v) is 11.9. The van der Waals surface area contributed by atoms with Gasteiger partial charge in [-0.2, -0.15) is 0 Å². The molecule has 0 aromatic rings. The summed E-state index contributed by atoms with van der Waals surface area (Å²) in [4.78, 5) is 38.2. The second-order valence-electron chi connectivity index (χ2n) is 18.8. The lowest BCUT2D eigenvalue weighted by molar-refractivity contribution is -0.167. The molecule has 0 rings (SSSR count). The van der Waals surface area contributed by atoms with Gasteiger partial charge in [-0.3, -0.25) is 14.4 Å². The van der Waals surface area contributed by atoms with Crippen molar-refractivity contribution in [2.45, 2.75) is 258 Å². The molecule has 0 heterocycles. The van der Waals surface area contributed by atoms with E-state index in [1.54, 1.807) is 0 Å². The van der Waals surface area contributed by atoms with Crippen molar-refractivity contribution in [2.24, 2.45) is 0 Å². The van der Waals surface area contributed by atoms with Gasteiger partial charge in [0, 0.05) is 19.3 Å². The maximum absolute atomic E-state index is 12.9. The Balaban J connectivity index is 4.46. The van der Waals surface area contributed by atoms with Crippen LogP contribution in [0.1, 0.15) is 252 Å². The van der Waals surface area contributed by atoms with E-state index in [1.165, 1.54) is 83.5 Å². The van der Waals surface area contributed by atoms with Gasteiger partial charge in [-0.05, 0) is 128 Å². The zero-order chi connectivity index (χ0) is 51.4. The molecule has 0 fully saturated rings. The molecule has 0 aliphatic carbocycles. The van der Waals surface area contributed by atoms with Crippen molar-refractivity contribution in [2.75, 3.05) is 13.2 Å². The van der Waals surface area contributed by atoms with Gasteiger partial charge >= 0.3 is 17.9 Å². The van der Waals surface area contributed by atoms with E-state index in [0.29, 0.717) is 19.3 Å². The van der Waals surface area contributed by atoms with E-state index in [9.17, 15) is 14.4 Å². The minimum Gasteiger partial charge on any atom is -0.462 e. The van der Waals surface area contributed by atoms with Crippen LogP contribution in [0.4, 0.5) is 0 Å². The van der Waals surface area contributed by atoms with Gasteiger partial charge < -0.3 is 14.2 Å². The Labute approximate surface area is 437 Å². The standard InChI is InChI=1S/C65H106O6/c1-4-7-10-13-16-19-22-25-27-29-31-32-34-35-37-40-43-46-49-52-55-58-64(67)70-61-62(60-69-63(66)57-54-51-48-45-42-39-24-21-18-15-12-9-6-3)71-65(68)59-56-53-50-47-44-41-38-36-33-30-28-26-23-20-17-14-11-8-5-2/h8-9,11-12,17-18,20-22,25-26,28-29,31,33,36,39,41-42,44,62H,4-7,10,13-16,19,23-24,27,30,32,34-35,37-38,40,43,45-61H2,1-3H3/b11-8-,12-9-,20-17-,21-18-,25-22-,28-26-,31-29-,36-33-,42-39-,44-41-. The first-order chi connectivity index (χ1) is 35.0. The van der Waals surface area contributed by atoms with Gasteiger partial charge in [-0.25, -0.2) is 0 Å². The Morgan fingerprint density at radius 1 is 0.296 bits per heavy atom. The predicted molar refractivity (Wildman–Crippen MR) is 306 cm³/mol. The number of unbranched alkanes of at least 4 members (excludes halogenated alkanes) is 20. The van der Waals surface area contributed by atoms with Crippen molar-refractivity contribution in [3.63, 3.8) is 0 Å². The van der Waals surface area contributed by atoms with Crippen molar-refractivity contribution in [3.05, 3.63) is 122 Å². The minimum absolute atomic E-state index is 0.106. The fourth-order valence-corrected chi connectivity index (χ4v) is 7.63. The number of hydrogen-bond acceptors (Lipinski definition) is 6. The maximum Gasteiger partial charge on any atom is 0.306 e. The maximum atomic E-state index is 12.9. The van der Waals surface area contributed by atoms with E-state index in [-0.39, 0.29) is 37.5 Å². The molecule has 71 heavy (non-hydrogen) atoms. The molecule has 0 amide bonds. The van der Waals surface area contributed by atoms with Gasteiger partial charge in [0.25, 0.3) is 0 Å². The first-order valence-electron chi connectivity index (χ1n) is 29.0. The van der Waals surface area contributed by atoms with Crippen LogP contribution < -0.4 is 0 Å². The quantitative estimate of drug-likeness (QED) is 0.0261. The molecule has 0 aromatic heterocycles. The highest BCUT2D eigenvalue weighted by Crippen LogP contribution is 2.14. The van der Waals surface area contributed by atoms with Crippen LogP contribution in [0.15, 0.2) is 122 Å². The van der Waals surface area contributed by atoms with Crippen LogP contribution in [0.5, 0.6) is 0 Å². The number of allylic oxidation sites excluding steroid dienone is 20. The topological polar surface area (TPSA) is 78.9 Å². The van der Waals surface area contributed by atoms with Crippen LogP contribution in [-0.4, -0.2) is 37.2 Å². The summed E-state index contributed by atoms with van der Waals surface area (Å²) in [7, 11) is 0. The van der Waals surface area contributed by atoms with Crippen LogP contribution in [0.25, 0.3) is 0 Å². The van der Waals surface area contributed by atoms with Crippen molar-refractivity contribution in [1.82, 2.24) is 0 Å². The van der Waals surface area contributed by atoms with Crippen molar-refractivity contribution < 1.29 is 28.6 Å². The number of carbonyl (C=O) groups is 3. The summed E-state index contributed by atoms with van der Waals surface area (Å²) in [5, 5.41) is 0. The fourth-order valence-electron chi connectivity index (χ4n) is 7.63.